The molecule has 1 aromatic rings. The number of carbonyl (C=O) groups excluding carboxylic acids is 1. The number of methoxy groups -OCH3 is 2. The number of hydrogen-bond acceptors (Lipinski definition) is 6. The molecule has 106 valence electrons. The zero-order valence-corrected chi connectivity index (χ0v) is 12.2. The van der Waals surface area contributed by atoms with E-state index in [0.717, 1.165) is 0 Å². The van der Waals surface area contributed by atoms with E-state index in [1.165, 1.54) is 26.4 Å². The highest BCUT2D eigenvalue weighted by Crippen LogP contribution is 2.36. The molecule has 0 bridgehead atoms. The van der Waals surface area contributed by atoms with E-state index in [4.69, 9.17) is 24.9 Å². The lowest BCUT2D eigenvalue weighted by Crippen LogP contribution is -2.11. The molecule has 0 amide bonds. The van der Waals surface area contributed by atoms with Crippen LogP contribution in [0.2, 0.25) is 0 Å². The fourth-order valence-corrected chi connectivity index (χ4v) is 2.51. The highest BCUT2D eigenvalue weighted by atomic mass is 35.7. The summed E-state index contributed by atoms with van der Waals surface area (Å²) in [5, 5.41) is 0. The Balaban J connectivity index is 3.60. The number of benzene rings is 1. The molecule has 0 aliphatic carbocycles. The van der Waals surface area contributed by atoms with Crippen molar-refractivity contribution in [1.29, 1.82) is 0 Å². The summed E-state index contributed by atoms with van der Waals surface area (Å²) < 4.78 is 37.7. The number of ether oxygens (including phenoxy) is 3. The van der Waals surface area contributed by atoms with Gasteiger partial charge in [-0.1, -0.05) is 0 Å². The number of hydrogen-bond donors (Lipinski definition) is 0. The molecule has 8 heteroatoms. The molecule has 6 nitrogen and oxygen atoms in total. The molecule has 0 aliphatic rings. The topological polar surface area (TPSA) is 78.9 Å². The molecule has 0 atom stereocenters. The molecule has 0 radical (unpaired) electrons. The summed E-state index contributed by atoms with van der Waals surface area (Å²) in [6, 6.07) is 2.51. The van der Waals surface area contributed by atoms with E-state index in [0.29, 0.717) is 0 Å². The van der Waals surface area contributed by atoms with Crippen molar-refractivity contribution in [2.45, 2.75) is 11.8 Å². The molecule has 0 unspecified atom stereocenters. The molecule has 0 aliphatic heterocycles. The van der Waals surface area contributed by atoms with Gasteiger partial charge in [0.25, 0.3) is 9.05 Å². The molecule has 0 fully saturated rings. The van der Waals surface area contributed by atoms with Crippen molar-refractivity contribution in [3.63, 3.8) is 0 Å². The van der Waals surface area contributed by atoms with Crippen LogP contribution in [-0.2, 0) is 13.8 Å². The summed E-state index contributed by atoms with van der Waals surface area (Å²) in [7, 11) is 3.80. The van der Waals surface area contributed by atoms with Gasteiger partial charge in [-0.15, -0.1) is 0 Å². The van der Waals surface area contributed by atoms with Gasteiger partial charge in [0.1, 0.15) is 16.2 Å². The lowest BCUT2D eigenvalue weighted by Gasteiger charge is -2.14. The van der Waals surface area contributed by atoms with Gasteiger partial charge in [0.05, 0.1) is 20.8 Å². The normalized spacial score (nSPS) is 10.9. The second-order valence-electron chi connectivity index (χ2n) is 3.33. The van der Waals surface area contributed by atoms with Crippen LogP contribution in [0, 0.1) is 0 Å². The highest BCUT2D eigenvalue weighted by Gasteiger charge is 2.27. The van der Waals surface area contributed by atoms with E-state index < -0.39 is 15.0 Å². The third-order valence-electron chi connectivity index (χ3n) is 2.25. The molecular formula is C11H13ClO6S. The first kappa shape index (κ1) is 15.6. The third kappa shape index (κ3) is 3.30. The lowest BCUT2D eigenvalue weighted by atomic mass is 10.1. The summed E-state index contributed by atoms with van der Waals surface area (Å²) in [4.78, 5) is 11.5. The van der Waals surface area contributed by atoms with Gasteiger partial charge in [0, 0.05) is 10.7 Å². The minimum atomic E-state index is -4.06. The Hall–Kier alpha value is -1.47. The van der Waals surface area contributed by atoms with Crippen LogP contribution in [0.5, 0.6) is 11.5 Å². The highest BCUT2D eigenvalue weighted by molar-refractivity contribution is 8.13. The average Bonchev–Trinajstić information content (AvgIpc) is 2.35. The van der Waals surface area contributed by atoms with Gasteiger partial charge in [-0.2, -0.15) is 0 Å². The van der Waals surface area contributed by atoms with Gasteiger partial charge < -0.3 is 14.2 Å². The maximum absolute atomic E-state index is 11.9. The van der Waals surface area contributed by atoms with E-state index in [1.54, 1.807) is 6.92 Å². The summed E-state index contributed by atoms with van der Waals surface area (Å²) in [6.07, 6.45) is 0. The van der Waals surface area contributed by atoms with Gasteiger partial charge in [-0.3, -0.25) is 0 Å². The Kier molecular flexibility index (Phi) is 5.02. The van der Waals surface area contributed by atoms with Crippen LogP contribution in [0.4, 0.5) is 0 Å². The second-order valence-corrected chi connectivity index (χ2v) is 5.87. The minimum absolute atomic E-state index is 0.117. The molecule has 0 saturated heterocycles. The molecule has 1 rings (SSSR count). The quantitative estimate of drug-likeness (QED) is 0.609. The SMILES string of the molecule is CCOC(=O)c1c(OC)ccc(S(=O)(=O)Cl)c1OC. The average molecular weight is 309 g/mol. The predicted molar refractivity (Wildman–Crippen MR) is 68.5 cm³/mol. The maximum Gasteiger partial charge on any atom is 0.345 e. The van der Waals surface area contributed by atoms with Crippen molar-refractivity contribution in [3.8, 4) is 11.5 Å². The van der Waals surface area contributed by atoms with Crippen molar-refractivity contribution in [1.82, 2.24) is 0 Å². The van der Waals surface area contributed by atoms with Crippen LogP contribution < -0.4 is 9.47 Å². The number of esters is 1. The molecule has 0 heterocycles. The van der Waals surface area contributed by atoms with E-state index in [-0.39, 0.29) is 28.6 Å². The molecule has 19 heavy (non-hydrogen) atoms. The number of halogens is 1. The van der Waals surface area contributed by atoms with Crippen LogP contribution in [0.25, 0.3) is 0 Å². The lowest BCUT2D eigenvalue weighted by molar-refractivity contribution is 0.0518. The van der Waals surface area contributed by atoms with Crippen LogP contribution in [0.15, 0.2) is 17.0 Å². The van der Waals surface area contributed by atoms with Crippen LogP contribution in [0.3, 0.4) is 0 Å². The predicted octanol–water partition coefficient (Wildman–Crippen LogP) is 1.81. The fraction of sp³-hybridized carbons (Fsp3) is 0.364. The van der Waals surface area contributed by atoms with Crippen LogP contribution in [0.1, 0.15) is 17.3 Å². The zero-order valence-electron chi connectivity index (χ0n) is 10.6. The van der Waals surface area contributed by atoms with Gasteiger partial charge in [0.15, 0.2) is 5.75 Å². The van der Waals surface area contributed by atoms with E-state index in [2.05, 4.69) is 0 Å². The standard InChI is InChI=1S/C11H13ClO6S/c1-4-18-11(13)9-7(16-2)5-6-8(10(9)17-3)19(12,14)15/h5-6H,4H2,1-3H3. The third-order valence-corrected chi connectivity index (χ3v) is 3.60. The first-order valence-electron chi connectivity index (χ1n) is 5.23. The van der Waals surface area contributed by atoms with E-state index in [9.17, 15) is 13.2 Å². The Morgan fingerprint density at radius 1 is 1.26 bits per heavy atom. The first-order chi connectivity index (χ1) is 8.86. The number of carbonyl (C=O) groups is 1. The Morgan fingerprint density at radius 2 is 1.89 bits per heavy atom. The van der Waals surface area contributed by atoms with Crippen LogP contribution >= 0.6 is 10.7 Å². The van der Waals surface area contributed by atoms with Gasteiger partial charge >= 0.3 is 5.97 Å². The molecule has 0 saturated carbocycles. The second kappa shape index (κ2) is 6.12. The Morgan fingerprint density at radius 3 is 2.32 bits per heavy atom. The van der Waals surface area contributed by atoms with Gasteiger partial charge in [-0.05, 0) is 19.1 Å². The molecule has 1 aromatic carbocycles. The van der Waals surface area contributed by atoms with Crippen molar-refractivity contribution in [2.24, 2.45) is 0 Å². The van der Waals surface area contributed by atoms with Crippen molar-refractivity contribution in [2.75, 3.05) is 20.8 Å². The first-order valence-corrected chi connectivity index (χ1v) is 7.54. The van der Waals surface area contributed by atoms with E-state index >= 15 is 0 Å². The van der Waals surface area contributed by atoms with Gasteiger partial charge in [-0.25, -0.2) is 13.2 Å². The van der Waals surface area contributed by atoms with Crippen LogP contribution in [-0.4, -0.2) is 35.2 Å². The molecule has 0 aromatic heterocycles. The van der Waals surface area contributed by atoms with Gasteiger partial charge in [0.2, 0.25) is 0 Å². The molecule has 0 spiro atoms. The molecular weight excluding hydrogens is 296 g/mol. The van der Waals surface area contributed by atoms with Crippen molar-refractivity contribution >= 4 is 25.7 Å². The van der Waals surface area contributed by atoms with Crippen molar-refractivity contribution in [3.05, 3.63) is 17.7 Å². The largest absolute Gasteiger partial charge is 0.496 e. The monoisotopic (exact) mass is 308 g/mol. The molecule has 0 N–H and O–H groups in total. The Labute approximate surface area is 115 Å². The summed E-state index contributed by atoms with van der Waals surface area (Å²) in [5.41, 5.74) is -0.117. The zero-order chi connectivity index (χ0) is 14.6. The minimum Gasteiger partial charge on any atom is -0.496 e. The van der Waals surface area contributed by atoms with E-state index in [1.807, 2.05) is 0 Å². The maximum atomic E-state index is 11.9. The van der Waals surface area contributed by atoms with Crippen molar-refractivity contribution < 1.29 is 27.4 Å². The summed E-state index contributed by atoms with van der Waals surface area (Å²) in [5.74, 6) is -0.814. The summed E-state index contributed by atoms with van der Waals surface area (Å²) >= 11 is 0. The summed E-state index contributed by atoms with van der Waals surface area (Å²) in [6.45, 7) is 1.75. The smallest absolute Gasteiger partial charge is 0.345 e. The fourth-order valence-electron chi connectivity index (χ4n) is 1.51. The Bertz CT molecular complexity index is 581. The number of rotatable bonds is 5.